The molecule has 0 aromatic rings. The van der Waals surface area contributed by atoms with Crippen molar-refractivity contribution in [2.24, 2.45) is 11.3 Å². The highest BCUT2D eigenvalue weighted by Crippen LogP contribution is 2.41. The fourth-order valence-electron chi connectivity index (χ4n) is 3.57. The van der Waals surface area contributed by atoms with Gasteiger partial charge < -0.3 is 4.79 Å². The Morgan fingerprint density at radius 2 is 1.74 bits per heavy atom. The predicted molar refractivity (Wildman–Crippen MR) is 83.2 cm³/mol. The zero-order valence-corrected chi connectivity index (χ0v) is 13.0. The van der Waals surface area contributed by atoms with Gasteiger partial charge in [0.25, 0.3) is 0 Å². The van der Waals surface area contributed by atoms with Gasteiger partial charge in [-0.05, 0) is 55.9 Å². The Bertz CT molecular complexity index is 330. The lowest BCUT2D eigenvalue weighted by Gasteiger charge is -2.33. The molecule has 0 aromatic heterocycles. The molecule has 0 atom stereocenters. The number of allylic oxidation sites excluding steroid dienone is 4. The minimum Gasteiger partial charge on any atom is -0.307 e. The first-order valence-electron chi connectivity index (χ1n) is 7.77. The normalized spacial score (nSPS) is 24.2. The first-order chi connectivity index (χ1) is 9.09. The lowest BCUT2D eigenvalue weighted by atomic mass is 9.72. The summed E-state index contributed by atoms with van der Waals surface area (Å²) in [7, 11) is 0. The molecule has 1 heteroatoms. The molecule has 1 saturated carbocycles. The molecule has 0 aliphatic heterocycles. The van der Waals surface area contributed by atoms with E-state index < -0.39 is 0 Å². The maximum atomic E-state index is 8.00. The molecule has 0 bridgehead atoms. The van der Waals surface area contributed by atoms with Gasteiger partial charge in [0.05, 0.1) is 0 Å². The van der Waals surface area contributed by atoms with E-state index in [1.165, 1.54) is 51.4 Å². The zero-order chi connectivity index (χ0) is 14.3. The lowest BCUT2D eigenvalue weighted by molar-refractivity contribution is -0.0979. The summed E-state index contributed by atoms with van der Waals surface area (Å²) < 4.78 is 0. The molecular formula is C18H30O. The standard InChI is InChI=1S/C17H28.CH2O/c1-14-8-7-13-17(2,3)16(14)12-11-15-9-5-4-6-10-15;1-2/h11-12,15H,4-10,13H2,1-3H3;1H2/b12-11+;. The number of hydrogen-bond donors (Lipinski definition) is 0. The molecule has 2 aliphatic rings. The summed E-state index contributed by atoms with van der Waals surface area (Å²) in [5, 5.41) is 0. The number of rotatable bonds is 2. The van der Waals surface area contributed by atoms with Crippen LogP contribution >= 0.6 is 0 Å². The fraction of sp³-hybridized carbons (Fsp3) is 0.722. The van der Waals surface area contributed by atoms with E-state index in [0.29, 0.717) is 5.41 Å². The van der Waals surface area contributed by atoms with Gasteiger partial charge in [0, 0.05) is 0 Å². The topological polar surface area (TPSA) is 17.1 Å². The van der Waals surface area contributed by atoms with Gasteiger partial charge in [-0.1, -0.05) is 50.8 Å². The molecule has 0 heterocycles. The van der Waals surface area contributed by atoms with Gasteiger partial charge in [-0.3, -0.25) is 0 Å². The van der Waals surface area contributed by atoms with Gasteiger partial charge in [-0.2, -0.15) is 0 Å². The first-order valence-corrected chi connectivity index (χ1v) is 7.77. The maximum absolute atomic E-state index is 8.00. The smallest absolute Gasteiger partial charge is 0.106 e. The van der Waals surface area contributed by atoms with Gasteiger partial charge in [-0.15, -0.1) is 0 Å². The highest BCUT2D eigenvalue weighted by molar-refractivity contribution is 5.32. The summed E-state index contributed by atoms with van der Waals surface area (Å²) in [6.45, 7) is 9.16. The third-order valence-corrected chi connectivity index (χ3v) is 4.73. The van der Waals surface area contributed by atoms with E-state index in [1.54, 1.807) is 11.1 Å². The van der Waals surface area contributed by atoms with E-state index in [4.69, 9.17) is 4.79 Å². The average Bonchev–Trinajstić information content (AvgIpc) is 2.41. The van der Waals surface area contributed by atoms with Gasteiger partial charge in [0.1, 0.15) is 6.79 Å². The van der Waals surface area contributed by atoms with Crippen LogP contribution in [0.4, 0.5) is 0 Å². The van der Waals surface area contributed by atoms with Crippen LogP contribution in [0.3, 0.4) is 0 Å². The van der Waals surface area contributed by atoms with Crippen LogP contribution in [0.2, 0.25) is 0 Å². The summed E-state index contributed by atoms with van der Waals surface area (Å²) >= 11 is 0. The molecule has 0 spiro atoms. The van der Waals surface area contributed by atoms with Crippen molar-refractivity contribution in [2.75, 3.05) is 0 Å². The van der Waals surface area contributed by atoms with Gasteiger partial charge >= 0.3 is 0 Å². The predicted octanol–water partition coefficient (Wildman–Crippen LogP) is 5.46. The molecule has 19 heavy (non-hydrogen) atoms. The Kier molecular flexibility index (Phi) is 6.54. The molecule has 2 aliphatic carbocycles. The summed E-state index contributed by atoms with van der Waals surface area (Å²) in [6, 6.07) is 0. The van der Waals surface area contributed by atoms with Crippen LogP contribution < -0.4 is 0 Å². The zero-order valence-electron chi connectivity index (χ0n) is 13.0. The van der Waals surface area contributed by atoms with E-state index in [2.05, 4.69) is 32.9 Å². The number of hydrogen-bond acceptors (Lipinski definition) is 1. The van der Waals surface area contributed by atoms with Crippen molar-refractivity contribution < 1.29 is 4.79 Å². The van der Waals surface area contributed by atoms with Crippen LogP contribution in [0.15, 0.2) is 23.3 Å². The summed E-state index contributed by atoms with van der Waals surface area (Å²) in [4.78, 5) is 8.00. The van der Waals surface area contributed by atoms with Crippen LogP contribution in [0.5, 0.6) is 0 Å². The molecule has 0 unspecified atom stereocenters. The third-order valence-electron chi connectivity index (χ3n) is 4.73. The van der Waals surface area contributed by atoms with Crippen molar-refractivity contribution in [1.82, 2.24) is 0 Å². The largest absolute Gasteiger partial charge is 0.307 e. The minimum absolute atomic E-state index is 0.410. The SMILES string of the molecule is C=O.CC1=C(/C=C/C2CCCCC2)C(C)(C)CCC1. The van der Waals surface area contributed by atoms with Crippen molar-refractivity contribution in [3.8, 4) is 0 Å². The number of carbonyl (C=O) groups excluding carboxylic acids is 1. The molecular weight excluding hydrogens is 232 g/mol. The Morgan fingerprint density at radius 3 is 2.32 bits per heavy atom. The second-order valence-corrected chi connectivity index (χ2v) is 6.69. The Balaban J connectivity index is 0.000000861. The van der Waals surface area contributed by atoms with E-state index in [0.717, 1.165) is 5.92 Å². The molecule has 2 rings (SSSR count). The van der Waals surface area contributed by atoms with Crippen molar-refractivity contribution in [2.45, 2.75) is 72.1 Å². The molecule has 0 N–H and O–H groups in total. The van der Waals surface area contributed by atoms with Crippen molar-refractivity contribution in [3.63, 3.8) is 0 Å². The average molecular weight is 262 g/mol. The van der Waals surface area contributed by atoms with Gasteiger partial charge in [-0.25, -0.2) is 0 Å². The first kappa shape index (κ1) is 16.2. The van der Waals surface area contributed by atoms with Crippen LogP contribution in [-0.2, 0) is 4.79 Å². The second kappa shape index (κ2) is 7.67. The minimum atomic E-state index is 0.410. The molecule has 108 valence electrons. The fourth-order valence-corrected chi connectivity index (χ4v) is 3.57. The van der Waals surface area contributed by atoms with E-state index >= 15 is 0 Å². The molecule has 0 saturated heterocycles. The van der Waals surface area contributed by atoms with E-state index in [1.807, 2.05) is 6.79 Å². The van der Waals surface area contributed by atoms with Gasteiger partial charge in [0.15, 0.2) is 0 Å². The molecule has 0 radical (unpaired) electrons. The lowest BCUT2D eigenvalue weighted by Crippen LogP contribution is -2.19. The third kappa shape index (κ3) is 4.63. The quantitative estimate of drug-likeness (QED) is 0.645. The van der Waals surface area contributed by atoms with Gasteiger partial charge in [0.2, 0.25) is 0 Å². The van der Waals surface area contributed by atoms with Crippen LogP contribution in [-0.4, -0.2) is 6.79 Å². The van der Waals surface area contributed by atoms with E-state index in [-0.39, 0.29) is 0 Å². The summed E-state index contributed by atoms with van der Waals surface area (Å²) in [5.74, 6) is 0.863. The highest BCUT2D eigenvalue weighted by Gasteiger charge is 2.26. The Morgan fingerprint density at radius 1 is 1.11 bits per heavy atom. The summed E-state index contributed by atoms with van der Waals surface area (Å²) in [6.07, 6.45) is 16.2. The highest BCUT2D eigenvalue weighted by atomic mass is 16.1. The number of carbonyl (C=O) groups is 1. The summed E-state index contributed by atoms with van der Waals surface area (Å²) in [5.41, 5.74) is 3.68. The molecule has 0 aromatic carbocycles. The maximum Gasteiger partial charge on any atom is 0.106 e. The van der Waals surface area contributed by atoms with Crippen molar-refractivity contribution in [1.29, 1.82) is 0 Å². The monoisotopic (exact) mass is 262 g/mol. The Hall–Kier alpha value is -0.850. The Labute approximate surface area is 119 Å². The van der Waals surface area contributed by atoms with Crippen LogP contribution in [0, 0.1) is 11.3 Å². The molecule has 1 nitrogen and oxygen atoms in total. The molecule has 0 amide bonds. The van der Waals surface area contributed by atoms with Crippen LogP contribution in [0.25, 0.3) is 0 Å². The van der Waals surface area contributed by atoms with E-state index in [9.17, 15) is 0 Å². The van der Waals surface area contributed by atoms with Crippen LogP contribution in [0.1, 0.15) is 72.1 Å². The van der Waals surface area contributed by atoms with Crippen molar-refractivity contribution >= 4 is 6.79 Å². The van der Waals surface area contributed by atoms with Crippen molar-refractivity contribution in [3.05, 3.63) is 23.3 Å². The second-order valence-electron chi connectivity index (χ2n) is 6.69. The molecule has 1 fully saturated rings.